The van der Waals surface area contributed by atoms with Crippen LogP contribution in [0.4, 0.5) is 0 Å². The van der Waals surface area contributed by atoms with E-state index in [9.17, 15) is 0 Å². The number of fused-ring (bicyclic) bond motifs is 1. The number of nitrogens with one attached hydrogen (secondary N) is 1. The van der Waals surface area contributed by atoms with E-state index >= 15 is 0 Å². The van der Waals surface area contributed by atoms with Crippen LogP contribution < -0.4 is 5.32 Å². The molecule has 2 aliphatic rings. The predicted octanol–water partition coefficient (Wildman–Crippen LogP) is 3.73. The van der Waals surface area contributed by atoms with Gasteiger partial charge in [-0.3, -0.25) is 0 Å². The highest BCUT2D eigenvalue weighted by Crippen LogP contribution is 2.39. The van der Waals surface area contributed by atoms with Crippen LogP contribution >= 0.6 is 11.8 Å². The van der Waals surface area contributed by atoms with Gasteiger partial charge in [0.05, 0.1) is 0 Å². The van der Waals surface area contributed by atoms with Gasteiger partial charge in [0.25, 0.3) is 0 Å². The lowest BCUT2D eigenvalue weighted by Crippen LogP contribution is -2.45. The number of rotatable bonds is 6. The van der Waals surface area contributed by atoms with Crippen LogP contribution in [0.5, 0.6) is 0 Å². The van der Waals surface area contributed by atoms with E-state index in [1.807, 2.05) is 11.8 Å². The van der Waals surface area contributed by atoms with E-state index in [1.165, 1.54) is 62.5 Å². The minimum Gasteiger partial charge on any atom is -0.313 e. The largest absolute Gasteiger partial charge is 0.313 e. The van der Waals surface area contributed by atoms with Crippen LogP contribution in [0.3, 0.4) is 0 Å². The maximum Gasteiger partial charge on any atom is 0.0195 e. The summed E-state index contributed by atoms with van der Waals surface area (Å²) in [5.41, 5.74) is 1.58. The monoisotopic (exact) mass is 304 g/mol. The van der Waals surface area contributed by atoms with Crippen molar-refractivity contribution in [2.24, 2.45) is 0 Å². The first-order valence-corrected chi connectivity index (χ1v) is 9.53. The van der Waals surface area contributed by atoms with Gasteiger partial charge < -0.3 is 10.2 Å². The molecule has 0 spiro atoms. The summed E-state index contributed by atoms with van der Waals surface area (Å²) in [6.07, 6.45) is 5.38. The van der Waals surface area contributed by atoms with Gasteiger partial charge in [-0.05, 0) is 44.0 Å². The van der Waals surface area contributed by atoms with Crippen LogP contribution in [-0.4, -0.2) is 42.9 Å². The minimum atomic E-state index is 0.717. The molecule has 0 bridgehead atoms. The number of thioether (sulfide) groups is 1. The first kappa shape index (κ1) is 15.4. The summed E-state index contributed by atoms with van der Waals surface area (Å²) in [6, 6.07) is 9.71. The highest BCUT2D eigenvalue weighted by molar-refractivity contribution is 7.99. The zero-order valence-electron chi connectivity index (χ0n) is 13.2. The second-order valence-corrected chi connectivity index (χ2v) is 7.51. The van der Waals surface area contributed by atoms with Gasteiger partial charge in [0, 0.05) is 35.7 Å². The summed E-state index contributed by atoms with van der Waals surface area (Å²) in [5.74, 6) is 1.99. The van der Waals surface area contributed by atoms with Crippen molar-refractivity contribution in [2.45, 2.75) is 49.5 Å². The number of benzene rings is 1. The Kier molecular flexibility index (Phi) is 5.61. The Bertz CT molecular complexity index is 443. The Morgan fingerprint density at radius 2 is 2.14 bits per heavy atom. The highest BCUT2D eigenvalue weighted by Gasteiger charge is 2.25. The van der Waals surface area contributed by atoms with Gasteiger partial charge in [-0.25, -0.2) is 0 Å². The van der Waals surface area contributed by atoms with Gasteiger partial charge in [-0.1, -0.05) is 31.5 Å². The zero-order valence-corrected chi connectivity index (χ0v) is 14.0. The van der Waals surface area contributed by atoms with Crippen LogP contribution in [-0.2, 0) is 0 Å². The second kappa shape index (κ2) is 7.66. The van der Waals surface area contributed by atoms with E-state index in [2.05, 4.69) is 41.4 Å². The van der Waals surface area contributed by atoms with Crippen molar-refractivity contribution < 1.29 is 0 Å². The molecule has 1 N–H and O–H groups in total. The SMILES string of the molecule is CCCN(CC1CCCCN1)CC1CSc2ccccc21. The van der Waals surface area contributed by atoms with E-state index in [-0.39, 0.29) is 0 Å². The molecule has 1 fully saturated rings. The maximum absolute atomic E-state index is 3.71. The summed E-state index contributed by atoms with van der Waals surface area (Å²) >= 11 is 2.04. The molecule has 1 aromatic carbocycles. The molecular formula is C18H28N2S. The summed E-state index contributed by atoms with van der Waals surface area (Å²) in [5, 5.41) is 3.71. The zero-order chi connectivity index (χ0) is 14.5. The summed E-state index contributed by atoms with van der Waals surface area (Å²) < 4.78 is 0. The number of piperidine rings is 1. The number of hydrogen-bond acceptors (Lipinski definition) is 3. The van der Waals surface area contributed by atoms with Crippen LogP contribution in [0.25, 0.3) is 0 Å². The molecule has 2 heterocycles. The van der Waals surface area contributed by atoms with E-state index in [0.29, 0.717) is 0 Å². The Balaban J connectivity index is 1.60. The summed E-state index contributed by atoms with van der Waals surface area (Å²) in [4.78, 5) is 4.21. The van der Waals surface area contributed by atoms with Crippen LogP contribution in [0.2, 0.25) is 0 Å². The van der Waals surface area contributed by atoms with E-state index in [1.54, 1.807) is 5.56 Å². The Labute approximate surface area is 133 Å². The molecular weight excluding hydrogens is 276 g/mol. The van der Waals surface area contributed by atoms with Gasteiger partial charge in [-0.2, -0.15) is 0 Å². The average molecular weight is 305 g/mol. The predicted molar refractivity (Wildman–Crippen MR) is 92.3 cm³/mol. The molecule has 0 radical (unpaired) electrons. The molecule has 1 saturated heterocycles. The van der Waals surface area contributed by atoms with Gasteiger partial charge in [0.2, 0.25) is 0 Å². The van der Waals surface area contributed by atoms with Crippen LogP contribution in [0.15, 0.2) is 29.2 Å². The fourth-order valence-electron chi connectivity index (χ4n) is 3.66. The van der Waals surface area contributed by atoms with Gasteiger partial charge in [-0.15, -0.1) is 11.8 Å². The first-order chi connectivity index (χ1) is 10.4. The first-order valence-electron chi connectivity index (χ1n) is 8.54. The van der Waals surface area contributed by atoms with Crippen molar-refractivity contribution in [3.05, 3.63) is 29.8 Å². The third kappa shape index (κ3) is 4.02. The van der Waals surface area contributed by atoms with Crippen LogP contribution in [0.1, 0.15) is 44.1 Å². The normalized spacial score (nSPS) is 25.2. The maximum atomic E-state index is 3.71. The molecule has 2 aliphatic heterocycles. The van der Waals surface area contributed by atoms with Crippen LogP contribution in [0, 0.1) is 0 Å². The topological polar surface area (TPSA) is 15.3 Å². The molecule has 0 aromatic heterocycles. The summed E-state index contributed by atoms with van der Waals surface area (Å²) in [7, 11) is 0. The quantitative estimate of drug-likeness (QED) is 0.862. The molecule has 2 nitrogen and oxygen atoms in total. The fraction of sp³-hybridized carbons (Fsp3) is 0.667. The van der Waals surface area contributed by atoms with Crippen molar-refractivity contribution in [1.29, 1.82) is 0 Å². The average Bonchev–Trinajstić information content (AvgIpc) is 2.92. The van der Waals surface area contributed by atoms with E-state index < -0.39 is 0 Å². The molecule has 0 amide bonds. The van der Waals surface area contributed by atoms with E-state index in [0.717, 1.165) is 12.0 Å². The minimum absolute atomic E-state index is 0.717. The van der Waals surface area contributed by atoms with Crippen molar-refractivity contribution in [2.75, 3.05) is 31.9 Å². The molecule has 3 rings (SSSR count). The lowest BCUT2D eigenvalue weighted by molar-refractivity contribution is 0.216. The molecule has 1 aromatic rings. The molecule has 0 aliphatic carbocycles. The third-order valence-electron chi connectivity index (χ3n) is 4.71. The molecule has 0 saturated carbocycles. The molecule has 116 valence electrons. The van der Waals surface area contributed by atoms with Crippen molar-refractivity contribution in [3.63, 3.8) is 0 Å². The van der Waals surface area contributed by atoms with Crippen molar-refractivity contribution >= 4 is 11.8 Å². The summed E-state index contributed by atoms with van der Waals surface area (Å²) in [6.45, 7) is 7.22. The van der Waals surface area contributed by atoms with Gasteiger partial charge >= 0.3 is 0 Å². The molecule has 2 atom stereocenters. The standard InChI is InChI=1S/C18H28N2S/c1-2-11-20(13-16-7-5-6-10-19-16)12-15-14-21-18-9-4-3-8-17(15)18/h3-4,8-9,15-16,19H,2,5-7,10-14H2,1H3. The smallest absolute Gasteiger partial charge is 0.0195 e. The lowest BCUT2D eigenvalue weighted by atomic mass is 9.99. The molecule has 2 unspecified atom stereocenters. The number of hydrogen-bond donors (Lipinski definition) is 1. The van der Waals surface area contributed by atoms with Crippen molar-refractivity contribution in [3.8, 4) is 0 Å². The number of nitrogens with zero attached hydrogens (tertiary/aromatic N) is 1. The van der Waals surface area contributed by atoms with Gasteiger partial charge in [0.1, 0.15) is 0 Å². The Hall–Kier alpha value is -0.510. The molecule has 3 heteroatoms. The molecule has 21 heavy (non-hydrogen) atoms. The highest BCUT2D eigenvalue weighted by atomic mass is 32.2. The Morgan fingerprint density at radius 3 is 2.95 bits per heavy atom. The second-order valence-electron chi connectivity index (χ2n) is 6.45. The third-order valence-corrected chi connectivity index (χ3v) is 5.96. The Morgan fingerprint density at radius 1 is 1.24 bits per heavy atom. The lowest BCUT2D eigenvalue weighted by Gasteiger charge is -2.32. The van der Waals surface area contributed by atoms with E-state index in [4.69, 9.17) is 0 Å². The van der Waals surface area contributed by atoms with Gasteiger partial charge in [0.15, 0.2) is 0 Å². The van der Waals surface area contributed by atoms with Crippen molar-refractivity contribution in [1.82, 2.24) is 10.2 Å². The fourth-order valence-corrected chi connectivity index (χ4v) is 4.90.